The number of carboxylic acid groups (broad SMARTS) is 1. The highest BCUT2D eigenvalue weighted by atomic mass is 16.5. The minimum Gasteiger partial charge on any atom is -0.478 e. The van der Waals surface area contributed by atoms with Gasteiger partial charge in [0.25, 0.3) is 0 Å². The molecule has 1 N–H and O–H groups in total. The second-order valence-corrected chi connectivity index (χ2v) is 6.02. The minimum absolute atomic E-state index is 0.0645. The van der Waals surface area contributed by atoms with Gasteiger partial charge in [0.15, 0.2) is 0 Å². The summed E-state index contributed by atoms with van der Waals surface area (Å²) in [4.78, 5) is 25.6. The molecule has 1 aliphatic rings. The standard InChI is InChI=1S/C19H21NO5/c1-2-15-6-7-17(25-15)16-12-24-9-8-20(16)18(21)11-13-4-3-5-14(10-13)19(22)23/h3-7,10,16H,2,8-9,11-12H2,1H3,(H,22,23)/t16-/m0/s1. The molecule has 0 bridgehead atoms. The van der Waals surface area contributed by atoms with E-state index in [1.54, 1.807) is 17.0 Å². The van der Waals surface area contributed by atoms with Crippen molar-refractivity contribution in [1.82, 2.24) is 4.90 Å². The fourth-order valence-electron chi connectivity index (χ4n) is 2.99. The van der Waals surface area contributed by atoms with Gasteiger partial charge in [-0.3, -0.25) is 4.79 Å². The number of nitrogens with zero attached hydrogens (tertiary/aromatic N) is 1. The Bertz CT molecular complexity index is 767. The number of aryl methyl sites for hydroxylation is 1. The number of benzene rings is 1. The molecule has 25 heavy (non-hydrogen) atoms. The van der Waals surface area contributed by atoms with Gasteiger partial charge in [-0.05, 0) is 29.8 Å². The van der Waals surface area contributed by atoms with Crippen LogP contribution in [0.15, 0.2) is 40.8 Å². The molecule has 6 heteroatoms. The first-order valence-corrected chi connectivity index (χ1v) is 8.36. The van der Waals surface area contributed by atoms with Crippen LogP contribution in [0.2, 0.25) is 0 Å². The summed E-state index contributed by atoms with van der Waals surface area (Å²) in [6.45, 7) is 3.39. The number of carbonyl (C=O) groups excluding carboxylic acids is 1. The normalized spacial score (nSPS) is 17.5. The molecular formula is C19H21NO5. The van der Waals surface area contributed by atoms with Crippen LogP contribution in [0.5, 0.6) is 0 Å². The lowest BCUT2D eigenvalue weighted by molar-refractivity contribution is -0.140. The fraction of sp³-hybridized carbons (Fsp3) is 0.368. The topological polar surface area (TPSA) is 80.0 Å². The maximum Gasteiger partial charge on any atom is 0.335 e. The second-order valence-electron chi connectivity index (χ2n) is 6.02. The summed E-state index contributed by atoms with van der Waals surface area (Å²) in [5, 5.41) is 9.08. The van der Waals surface area contributed by atoms with E-state index in [0.29, 0.717) is 25.3 Å². The molecule has 1 aliphatic heterocycles. The van der Waals surface area contributed by atoms with Gasteiger partial charge in [-0.25, -0.2) is 4.79 Å². The average Bonchev–Trinajstić information content (AvgIpc) is 3.11. The highest BCUT2D eigenvalue weighted by Crippen LogP contribution is 2.27. The molecule has 0 radical (unpaired) electrons. The summed E-state index contributed by atoms with van der Waals surface area (Å²) >= 11 is 0. The predicted molar refractivity (Wildman–Crippen MR) is 90.5 cm³/mol. The summed E-state index contributed by atoms with van der Waals surface area (Å²) in [5.74, 6) is 0.540. The molecule has 6 nitrogen and oxygen atoms in total. The third-order valence-corrected chi connectivity index (χ3v) is 4.34. The molecule has 1 saturated heterocycles. The van der Waals surface area contributed by atoms with Gasteiger partial charge in [-0.2, -0.15) is 0 Å². The molecule has 1 aromatic heterocycles. The van der Waals surface area contributed by atoms with Crippen molar-refractivity contribution in [2.24, 2.45) is 0 Å². The zero-order chi connectivity index (χ0) is 17.8. The van der Waals surface area contributed by atoms with Crippen LogP contribution in [0.3, 0.4) is 0 Å². The van der Waals surface area contributed by atoms with Gasteiger partial charge in [-0.1, -0.05) is 19.1 Å². The van der Waals surface area contributed by atoms with Crippen molar-refractivity contribution in [1.29, 1.82) is 0 Å². The molecule has 1 amide bonds. The zero-order valence-electron chi connectivity index (χ0n) is 14.1. The van der Waals surface area contributed by atoms with Crippen LogP contribution in [-0.2, 0) is 22.4 Å². The summed E-state index contributed by atoms with van der Waals surface area (Å²) in [7, 11) is 0. The average molecular weight is 343 g/mol. The lowest BCUT2D eigenvalue weighted by atomic mass is 10.1. The van der Waals surface area contributed by atoms with E-state index in [4.69, 9.17) is 14.3 Å². The van der Waals surface area contributed by atoms with Crippen molar-refractivity contribution in [2.75, 3.05) is 19.8 Å². The summed E-state index contributed by atoms with van der Waals surface area (Å²) in [6.07, 6.45) is 0.947. The van der Waals surface area contributed by atoms with E-state index in [1.807, 2.05) is 19.1 Å². The van der Waals surface area contributed by atoms with Crippen molar-refractivity contribution >= 4 is 11.9 Å². The number of amides is 1. The van der Waals surface area contributed by atoms with Crippen molar-refractivity contribution in [3.8, 4) is 0 Å². The Morgan fingerprint density at radius 3 is 2.84 bits per heavy atom. The molecule has 1 atom stereocenters. The highest BCUT2D eigenvalue weighted by molar-refractivity contribution is 5.88. The van der Waals surface area contributed by atoms with Gasteiger partial charge in [0.1, 0.15) is 17.6 Å². The number of hydrogen-bond acceptors (Lipinski definition) is 4. The molecule has 1 fully saturated rings. The van der Waals surface area contributed by atoms with E-state index in [9.17, 15) is 9.59 Å². The number of rotatable bonds is 5. The Kier molecular flexibility index (Phi) is 5.19. The zero-order valence-corrected chi connectivity index (χ0v) is 14.1. The van der Waals surface area contributed by atoms with Crippen LogP contribution in [-0.4, -0.2) is 41.6 Å². The van der Waals surface area contributed by atoms with Crippen molar-refractivity contribution in [2.45, 2.75) is 25.8 Å². The van der Waals surface area contributed by atoms with Crippen LogP contribution in [0, 0.1) is 0 Å². The first kappa shape index (κ1) is 17.2. The first-order chi connectivity index (χ1) is 12.1. The van der Waals surface area contributed by atoms with Crippen molar-refractivity contribution < 1.29 is 23.8 Å². The Morgan fingerprint density at radius 1 is 1.28 bits per heavy atom. The van der Waals surface area contributed by atoms with Crippen LogP contribution < -0.4 is 0 Å². The van der Waals surface area contributed by atoms with E-state index in [-0.39, 0.29) is 23.9 Å². The Labute approximate surface area is 146 Å². The summed E-state index contributed by atoms with van der Waals surface area (Å²) in [5.41, 5.74) is 0.867. The first-order valence-electron chi connectivity index (χ1n) is 8.36. The molecule has 0 spiro atoms. The number of furan rings is 1. The largest absolute Gasteiger partial charge is 0.478 e. The number of carbonyl (C=O) groups is 2. The molecule has 0 unspecified atom stereocenters. The van der Waals surface area contributed by atoms with E-state index < -0.39 is 5.97 Å². The second kappa shape index (κ2) is 7.53. The van der Waals surface area contributed by atoms with Crippen LogP contribution >= 0.6 is 0 Å². The third kappa shape index (κ3) is 3.91. The lowest BCUT2D eigenvalue weighted by Gasteiger charge is -2.34. The van der Waals surface area contributed by atoms with Crippen LogP contribution in [0.4, 0.5) is 0 Å². The van der Waals surface area contributed by atoms with Gasteiger partial charge in [0, 0.05) is 13.0 Å². The van der Waals surface area contributed by atoms with E-state index in [2.05, 4.69) is 0 Å². The van der Waals surface area contributed by atoms with Crippen LogP contribution in [0.1, 0.15) is 40.4 Å². The Morgan fingerprint density at radius 2 is 2.12 bits per heavy atom. The maximum atomic E-state index is 12.8. The molecule has 2 aromatic rings. The monoisotopic (exact) mass is 343 g/mol. The maximum absolute atomic E-state index is 12.8. The van der Waals surface area contributed by atoms with Crippen molar-refractivity contribution in [3.63, 3.8) is 0 Å². The molecule has 3 rings (SSSR count). The Balaban J connectivity index is 1.76. The molecule has 132 valence electrons. The van der Waals surface area contributed by atoms with E-state index in [1.165, 1.54) is 12.1 Å². The highest BCUT2D eigenvalue weighted by Gasteiger charge is 2.30. The van der Waals surface area contributed by atoms with Gasteiger partial charge in [-0.15, -0.1) is 0 Å². The molecule has 1 aromatic carbocycles. The SMILES string of the molecule is CCc1ccc([C@@H]2COCCN2C(=O)Cc2cccc(C(=O)O)c2)o1. The summed E-state index contributed by atoms with van der Waals surface area (Å²) in [6, 6.07) is 10.0. The fourth-order valence-corrected chi connectivity index (χ4v) is 2.99. The van der Waals surface area contributed by atoms with Gasteiger partial charge >= 0.3 is 5.97 Å². The third-order valence-electron chi connectivity index (χ3n) is 4.34. The Hall–Kier alpha value is -2.60. The van der Waals surface area contributed by atoms with Gasteiger partial charge in [0.05, 0.1) is 25.2 Å². The summed E-state index contributed by atoms with van der Waals surface area (Å²) < 4.78 is 11.3. The number of carboxylic acids is 1. The van der Waals surface area contributed by atoms with Gasteiger partial charge < -0.3 is 19.2 Å². The predicted octanol–water partition coefficient (Wildman–Crippen LogP) is 2.68. The number of aromatic carboxylic acids is 1. The lowest BCUT2D eigenvalue weighted by Crippen LogP contribution is -2.44. The number of hydrogen-bond donors (Lipinski definition) is 1. The van der Waals surface area contributed by atoms with Gasteiger partial charge in [0.2, 0.25) is 5.91 Å². The van der Waals surface area contributed by atoms with E-state index >= 15 is 0 Å². The van der Waals surface area contributed by atoms with Crippen LogP contribution in [0.25, 0.3) is 0 Å². The smallest absolute Gasteiger partial charge is 0.335 e. The molecule has 0 saturated carbocycles. The molecular weight excluding hydrogens is 322 g/mol. The molecule has 2 heterocycles. The number of ether oxygens (including phenoxy) is 1. The molecule has 0 aliphatic carbocycles. The minimum atomic E-state index is -0.999. The number of morpholine rings is 1. The van der Waals surface area contributed by atoms with E-state index in [0.717, 1.165) is 17.9 Å². The van der Waals surface area contributed by atoms with Crippen molar-refractivity contribution in [3.05, 3.63) is 59.0 Å². The quantitative estimate of drug-likeness (QED) is 0.903.